The van der Waals surface area contributed by atoms with E-state index in [4.69, 9.17) is 5.73 Å². The van der Waals surface area contributed by atoms with Gasteiger partial charge in [0.1, 0.15) is 0 Å². The normalized spacial score (nSPS) is 19.2. The van der Waals surface area contributed by atoms with Crippen LogP contribution >= 0.6 is 0 Å². The second-order valence-electron chi connectivity index (χ2n) is 4.93. The summed E-state index contributed by atoms with van der Waals surface area (Å²) in [4.78, 5) is 24.8. The van der Waals surface area contributed by atoms with Crippen LogP contribution in [0.1, 0.15) is 39.5 Å². The van der Waals surface area contributed by atoms with E-state index in [9.17, 15) is 9.59 Å². The quantitative estimate of drug-likeness (QED) is 0.699. The monoisotopic (exact) mass is 241 g/mol. The van der Waals surface area contributed by atoms with Gasteiger partial charge in [-0.2, -0.15) is 0 Å². The summed E-state index contributed by atoms with van der Waals surface area (Å²) >= 11 is 0. The molecule has 0 bridgehead atoms. The molecule has 0 aromatic heterocycles. The Morgan fingerprint density at radius 1 is 1.53 bits per heavy atom. The average Bonchev–Trinajstić information content (AvgIpc) is 2.61. The standard InChI is InChI=1S/C12H23N3O2/c1-9(13)5-6-11(16)14-10(2)8-15-7-3-4-12(15)17/h9-10H,3-8,13H2,1-2H3,(H,14,16). The summed E-state index contributed by atoms with van der Waals surface area (Å²) in [6.07, 6.45) is 2.73. The Morgan fingerprint density at radius 3 is 2.76 bits per heavy atom. The lowest BCUT2D eigenvalue weighted by atomic mass is 10.2. The summed E-state index contributed by atoms with van der Waals surface area (Å²) in [6.45, 7) is 5.25. The van der Waals surface area contributed by atoms with E-state index in [0.29, 0.717) is 25.8 Å². The fraction of sp³-hybridized carbons (Fsp3) is 0.833. The summed E-state index contributed by atoms with van der Waals surface area (Å²) in [7, 11) is 0. The molecule has 1 fully saturated rings. The van der Waals surface area contributed by atoms with E-state index in [2.05, 4.69) is 5.32 Å². The third kappa shape index (κ3) is 5.17. The lowest BCUT2D eigenvalue weighted by Crippen LogP contribution is -2.42. The van der Waals surface area contributed by atoms with Crippen molar-refractivity contribution in [2.24, 2.45) is 5.73 Å². The molecule has 5 nitrogen and oxygen atoms in total. The van der Waals surface area contributed by atoms with Crippen LogP contribution in [0, 0.1) is 0 Å². The molecule has 0 aromatic rings. The maximum Gasteiger partial charge on any atom is 0.222 e. The number of nitrogens with zero attached hydrogens (tertiary/aromatic N) is 1. The van der Waals surface area contributed by atoms with Crippen molar-refractivity contribution in [3.8, 4) is 0 Å². The first-order valence-electron chi connectivity index (χ1n) is 6.31. The molecule has 1 aliphatic rings. The van der Waals surface area contributed by atoms with Gasteiger partial charge < -0.3 is 16.0 Å². The van der Waals surface area contributed by atoms with Crippen LogP contribution in [0.2, 0.25) is 0 Å². The minimum atomic E-state index is 0.0117. The van der Waals surface area contributed by atoms with Gasteiger partial charge in [0.25, 0.3) is 0 Å². The highest BCUT2D eigenvalue weighted by molar-refractivity contribution is 5.78. The maximum atomic E-state index is 11.5. The molecule has 98 valence electrons. The van der Waals surface area contributed by atoms with Crippen LogP contribution in [0.25, 0.3) is 0 Å². The number of carbonyl (C=O) groups is 2. The molecule has 17 heavy (non-hydrogen) atoms. The summed E-state index contributed by atoms with van der Waals surface area (Å²) in [6, 6.07) is 0.0637. The summed E-state index contributed by atoms with van der Waals surface area (Å²) < 4.78 is 0. The van der Waals surface area contributed by atoms with Crippen molar-refractivity contribution in [2.45, 2.75) is 51.6 Å². The largest absolute Gasteiger partial charge is 0.352 e. The highest BCUT2D eigenvalue weighted by Gasteiger charge is 2.22. The van der Waals surface area contributed by atoms with Gasteiger partial charge in [0.2, 0.25) is 11.8 Å². The topological polar surface area (TPSA) is 75.4 Å². The first kappa shape index (κ1) is 14.0. The van der Waals surface area contributed by atoms with Gasteiger partial charge in [-0.05, 0) is 26.7 Å². The Hall–Kier alpha value is -1.10. The second-order valence-corrected chi connectivity index (χ2v) is 4.93. The van der Waals surface area contributed by atoms with E-state index in [-0.39, 0.29) is 23.9 Å². The Bertz CT molecular complexity index is 279. The lowest BCUT2D eigenvalue weighted by Gasteiger charge is -2.21. The fourth-order valence-electron chi connectivity index (χ4n) is 1.98. The number of amides is 2. The van der Waals surface area contributed by atoms with Gasteiger partial charge in [0, 0.05) is 38.0 Å². The first-order valence-corrected chi connectivity index (χ1v) is 6.31. The van der Waals surface area contributed by atoms with Gasteiger partial charge in [0.05, 0.1) is 0 Å². The first-order chi connectivity index (χ1) is 7.99. The molecule has 2 atom stereocenters. The number of hydrogen-bond donors (Lipinski definition) is 2. The minimum Gasteiger partial charge on any atom is -0.352 e. The Kier molecular flexibility index (Phi) is 5.41. The van der Waals surface area contributed by atoms with Crippen LogP contribution in [0.4, 0.5) is 0 Å². The van der Waals surface area contributed by atoms with Crippen LogP contribution in [0.3, 0.4) is 0 Å². The fourth-order valence-corrected chi connectivity index (χ4v) is 1.98. The maximum absolute atomic E-state index is 11.5. The number of hydrogen-bond acceptors (Lipinski definition) is 3. The number of likely N-dealkylation sites (tertiary alicyclic amines) is 1. The smallest absolute Gasteiger partial charge is 0.222 e. The van der Waals surface area contributed by atoms with Crippen LogP contribution in [-0.2, 0) is 9.59 Å². The van der Waals surface area contributed by atoms with E-state index in [0.717, 1.165) is 13.0 Å². The van der Waals surface area contributed by atoms with E-state index in [1.54, 1.807) is 0 Å². The molecule has 0 spiro atoms. The molecule has 0 radical (unpaired) electrons. The third-order valence-corrected chi connectivity index (χ3v) is 2.90. The van der Waals surface area contributed by atoms with E-state index in [1.165, 1.54) is 0 Å². The molecule has 1 heterocycles. The van der Waals surface area contributed by atoms with Gasteiger partial charge >= 0.3 is 0 Å². The summed E-state index contributed by atoms with van der Waals surface area (Å²) in [5.74, 6) is 0.211. The van der Waals surface area contributed by atoms with Crippen molar-refractivity contribution in [1.29, 1.82) is 0 Å². The second kappa shape index (κ2) is 6.59. The lowest BCUT2D eigenvalue weighted by molar-refractivity contribution is -0.129. The Balaban J connectivity index is 2.21. The highest BCUT2D eigenvalue weighted by atomic mass is 16.2. The number of nitrogens with two attached hydrogens (primary N) is 1. The number of nitrogens with one attached hydrogen (secondary N) is 1. The van der Waals surface area contributed by atoms with Crippen LogP contribution in [-0.4, -0.2) is 41.9 Å². The Labute approximate surface area is 103 Å². The molecule has 0 aromatic carbocycles. The Morgan fingerprint density at radius 2 is 2.24 bits per heavy atom. The van der Waals surface area contributed by atoms with Crippen molar-refractivity contribution < 1.29 is 9.59 Å². The minimum absolute atomic E-state index is 0.0117. The van der Waals surface area contributed by atoms with Gasteiger partial charge in [-0.25, -0.2) is 0 Å². The summed E-state index contributed by atoms with van der Waals surface area (Å²) in [5, 5.41) is 2.89. The molecule has 3 N–H and O–H groups in total. The zero-order chi connectivity index (χ0) is 12.8. The molecule has 0 aliphatic carbocycles. The molecule has 2 unspecified atom stereocenters. The van der Waals surface area contributed by atoms with E-state index >= 15 is 0 Å². The number of rotatable bonds is 6. The van der Waals surface area contributed by atoms with Gasteiger partial charge in [-0.3, -0.25) is 9.59 Å². The SMILES string of the molecule is CC(N)CCC(=O)NC(C)CN1CCCC1=O. The molecular weight excluding hydrogens is 218 g/mol. The van der Waals surface area contributed by atoms with Gasteiger partial charge in [-0.1, -0.05) is 0 Å². The van der Waals surface area contributed by atoms with Gasteiger partial charge in [0.15, 0.2) is 0 Å². The van der Waals surface area contributed by atoms with Gasteiger partial charge in [-0.15, -0.1) is 0 Å². The van der Waals surface area contributed by atoms with E-state index < -0.39 is 0 Å². The average molecular weight is 241 g/mol. The van der Waals surface area contributed by atoms with Crippen molar-refractivity contribution in [3.05, 3.63) is 0 Å². The molecule has 1 rings (SSSR count). The predicted molar refractivity (Wildman–Crippen MR) is 66.3 cm³/mol. The third-order valence-electron chi connectivity index (χ3n) is 2.90. The van der Waals surface area contributed by atoms with Crippen LogP contribution < -0.4 is 11.1 Å². The van der Waals surface area contributed by atoms with Crippen LogP contribution in [0.15, 0.2) is 0 Å². The molecule has 1 saturated heterocycles. The van der Waals surface area contributed by atoms with Crippen molar-refractivity contribution in [1.82, 2.24) is 10.2 Å². The van der Waals surface area contributed by atoms with Crippen molar-refractivity contribution in [2.75, 3.05) is 13.1 Å². The predicted octanol–water partition coefficient (Wildman–Crippen LogP) is 0.241. The summed E-state index contributed by atoms with van der Waals surface area (Å²) in [5.41, 5.74) is 5.59. The highest BCUT2D eigenvalue weighted by Crippen LogP contribution is 2.09. The molecule has 1 aliphatic heterocycles. The van der Waals surface area contributed by atoms with E-state index in [1.807, 2.05) is 18.7 Å². The van der Waals surface area contributed by atoms with Crippen LogP contribution in [0.5, 0.6) is 0 Å². The zero-order valence-corrected chi connectivity index (χ0v) is 10.7. The van der Waals surface area contributed by atoms with Crippen molar-refractivity contribution in [3.63, 3.8) is 0 Å². The van der Waals surface area contributed by atoms with Crippen molar-refractivity contribution >= 4 is 11.8 Å². The molecular formula is C12H23N3O2. The zero-order valence-electron chi connectivity index (χ0n) is 10.7. The molecule has 2 amide bonds. The molecule has 5 heteroatoms. The number of carbonyl (C=O) groups excluding carboxylic acids is 2. The molecule has 0 saturated carbocycles.